The molecule has 0 radical (unpaired) electrons. The van der Waals surface area contributed by atoms with Crippen LogP contribution in [0.25, 0.3) is 0 Å². The molecule has 1 aliphatic carbocycles. The minimum Gasteiger partial charge on any atom is -0.334 e. The summed E-state index contributed by atoms with van der Waals surface area (Å²) in [5.41, 5.74) is 1.92. The summed E-state index contributed by atoms with van der Waals surface area (Å²) in [4.78, 5) is 14.4. The van der Waals surface area contributed by atoms with Gasteiger partial charge in [0.15, 0.2) is 0 Å². The van der Waals surface area contributed by atoms with Crippen LogP contribution in [-0.2, 0) is 10.0 Å². The van der Waals surface area contributed by atoms with Gasteiger partial charge in [0.05, 0.1) is 16.6 Å². The molecule has 1 aliphatic heterocycles. The Morgan fingerprint density at radius 3 is 2.42 bits per heavy atom. The Kier molecular flexibility index (Phi) is 3.38. The van der Waals surface area contributed by atoms with E-state index in [1.807, 2.05) is 0 Å². The molecule has 1 heterocycles. The van der Waals surface area contributed by atoms with Crippen LogP contribution in [0.2, 0.25) is 0 Å². The summed E-state index contributed by atoms with van der Waals surface area (Å²) in [6, 6.07) is 13.5. The third kappa shape index (κ3) is 2.38. The lowest BCUT2D eigenvalue weighted by Crippen LogP contribution is -2.24. The lowest BCUT2D eigenvalue weighted by molar-refractivity contribution is 0.0759. The van der Waals surface area contributed by atoms with Crippen molar-refractivity contribution in [2.24, 2.45) is 5.92 Å². The Balaban J connectivity index is 1.77. The first-order valence-corrected chi connectivity index (χ1v) is 9.45. The number of nitrogens with zero attached hydrogens (tertiary/aromatic N) is 1. The SMILES string of the molecule is CN1C(=O)c2cccc(NS(=O)(=O)c3ccccc3)c2C1C1CC1. The Morgan fingerprint density at radius 1 is 1.04 bits per heavy atom. The van der Waals surface area contributed by atoms with Crippen molar-refractivity contribution < 1.29 is 13.2 Å². The summed E-state index contributed by atoms with van der Waals surface area (Å²) in [5.74, 6) is 0.380. The molecule has 24 heavy (non-hydrogen) atoms. The van der Waals surface area contributed by atoms with Gasteiger partial charge in [0.1, 0.15) is 0 Å². The maximum Gasteiger partial charge on any atom is 0.261 e. The van der Waals surface area contributed by atoms with Crippen LogP contribution in [-0.4, -0.2) is 26.3 Å². The molecule has 1 unspecified atom stereocenters. The average Bonchev–Trinajstić information content (AvgIpc) is 3.37. The van der Waals surface area contributed by atoms with Gasteiger partial charge in [-0.3, -0.25) is 9.52 Å². The van der Waals surface area contributed by atoms with Crippen molar-refractivity contribution in [1.82, 2.24) is 4.90 Å². The number of fused-ring (bicyclic) bond motifs is 1. The fourth-order valence-electron chi connectivity index (χ4n) is 3.44. The fourth-order valence-corrected chi connectivity index (χ4v) is 4.54. The van der Waals surface area contributed by atoms with Crippen LogP contribution >= 0.6 is 0 Å². The normalized spacial score (nSPS) is 20.1. The summed E-state index contributed by atoms with van der Waals surface area (Å²) >= 11 is 0. The summed E-state index contributed by atoms with van der Waals surface area (Å²) in [5, 5.41) is 0. The van der Waals surface area contributed by atoms with Crippen molar-refractivity contribution in [3.05, 3.63) is 59.7 Å². The van der Waals surface area contributed by atoms with E-state index in [0.29, 0.717) is 17.2 Å². The van der Waals surface area contributed by atoms with Crippen LogP contribution in [0.5, 0.6) is 0 Å². The molecule has 0 spiro atoms. The quantitative estimate of drug-likeness (QED) is 0.929. The number of sulfonamides is 1. The maximum atomic E-state index is 12.6. The van der Waals surface area contributed by atoms with E-state index >= 15 is 0 Å². The van der Waals surface area contributed by atoms with E-state index in [2.05, 4.69) is 4.72 Å². The molecule has 0 saturated heterocycles. The fraction of sp³-hybridized carbons (Fsp3) is 0.278. The highest BCUT2D eigenvalue weighted by Crippen LogP contribution is 2.50. The molecule has 1 atom stereocenters. The predicted molar refractivity (Wildman–Crippen MR) is 91.3 cm³/mol. The molecule has 6 heteroatoms. The van der Waals surface area contributed by atoms with Gasteiger partial charge in [0.25, 0.3) is 15.9 Å². The summed E-state index contributed by atoms with van der Waals surface area (Å²) in [6.07, 6.45) is 2.14. The number of nitrogens with one attached hydrogen (secondary N) is 1. The van der Waals surface area contributed by atoms with E-state index < -0.39 is 10.0 Å². The number of rotatable bonds is 4. The van der Waals surface area contributed by atoms with Crippen molar-refractivity contribution >= 4 is 21.6 Å². The third-order valence-corrected chi connectivity index (χ3v) is 6.12. The standard InChI is InChI=1S/C18H18N2O3S/c1-20-17(12-10-11-12)16-14(18(20)21)8-5-9-15(16)19-24(22,23)13-6-3-2-4-7-13/h2-9,12,17,19H,10-11H2,1H3. The highest BCUT2D eigenvalue weighted by atomic mass is 32.2. The van der Waals surface area contributed by atoms with Crippen LogP contribution < -0.4 is 4.72 Å². The zero-order chi connectivity index (χ0) is 16.9. The lowest BCUT2D eigenvalue weighted by Gasteiger charge is -2.22. The molecule has 2 aromatic rings. The van der Waals surface area contributed by atoms with Gasteiger partial charge in [-0.15, -0.1) is 0 Å². The summed E-state index contributed by atoms with van der Waals surface area (Å²) in [7, 11) is -1.89. The number of anilines is 1. The minimum absolute atomic E-state index is 0.0392. The monoisotopic (exact) mass is 342 g/mol. The van der Waals surface area contributed by atoms with Crippen molar-refractivity contribution in [1.29, 1.82) is 0 Å². The first-order valence-electron chi connectivity index (χ1n) is 7.97. The van der Waals surface area contributed by atoms with Gasteiger partial charge >= 0.3 is 0 Å². The number of benzene rings is 2. The first kappa shape index (κ1) is 15.2. The van der Waals surface area contributed by atoms with Crippen LogP contribution in [0.1, 0.15) is 34.8 Å². The highest BCUT2D eigenvalue weighted by molar-refractivity contribution is 7.92. The zero-order valence-electron chi connectivity index (χ0n) is 13.3. The third-order valence-electron chi connectivity index (χ3n) is 4.74. The molecule has 124 valence electrons. The molecule has 2 aromatic carbocycles. The lowest BCUT2D eigenvalue weighted by atomic mass is 9.99. The minimum atomic E-state index is -3.68. The Labute approximate surface area is 141 Å². The van der Waals surface area contributed by atoms with Crippen molar-refractivity contribution in [3.63, 3.8) is 0 Å². The van der Waals surface area contributed by atoms with E-state index in [9.17, 15) is 13.2 Å². The highest BCUT2D eigenvalue weighted by Gasteiger charge is 2.45. The Bertz CT molecular complexity index is 905. The van der Waals surface area contributed by atoms with E-state index in [-0.39, 0.29) is 16.8 Å². The molecule has 0 bridgehead atoms. The molecule has 1 fully saturated rings. The van der Waals surface area contributed by atoms with Gasteiger partial charge in [-0.2, -0.15) is 0 Å². The summed E-state index contributed by atoms with van der Waals surface area (Å²) in [6.45, 7) is 0. The van der Waals surface area contributed by atoms with E-state index in [4.69, 9.17) is 0 Å². The smallest absolute Gasteiger partial charge is 0.261 e. The first-order chi connectivity index (χ1) is 11.5. The number of carbonyl (C=O) groups is 1. The van der Waals surface area contributed by atoms with E-state index in [0.717, 1.165) is 18.4 Å². The second-order valence-electron chi connectivity index (χ2n) is 6.38. The van der Waals surface area contributed by atoms with E-state index in [1.165, 1.54) is 0 Å². The molecule has 5 nitrogen and oxygen atoms in total. The van der Waals surface area contributed by atoms with Crippen molar-refractivity contribution in [3.8, 4) is 0 Å². The van der Waals surface area contributed by atoms with Crippen LogP contribution in [0, 0.1) is 5.92 Å². The molecular weight excluding hydrogens is 324 g/mol. The molecule has 0 aromatic heterocycles. The summed E-state index contributed by atoms with van der Waals surface area (Å²) < 4.78 is 28.0. The Hall–Kier alpha value is -2.34. The second kappa shape index (κ2) is 5.34. The number of carbonyl (C=O) groups excluding carboxylic acids is 1. The maximum absolute atomic E-state index is 12.6. The van der Waals surface area contributed by atoms with Gasteiger partial charge < -0.3 is 4.90 Å². The van der Waals surface area contributed by atoms with Gasteiger partial charge in [-0.1, -0.05) is 24.3 Å². The molecule has 1 saturated carbocycles. The largest absolute Gasteiger partial charge is 0.334 e. The van der Waals surface area contributed by atoms with Gasteiger partial charge in [0, 0.05) is 18.2 Å². The van der Waals surface area contributed by atoms with Crippen LogP contribution in [0.4, 0.5) is 5.69 Å². The average molecular weight is 342 g/mol. The van der Waals surface area contributed by atoms with Crippen LogP contribution in [0.15, 0.2) is 53.4 Å². The molecule has 1 N–H and O–H groups in total. The molecular formula is C18H18N2O3S. The number of hydrogen-bond acceptors (Lipinski definition) is 3. The number of hydrogen-bond donors (Lipinski definition) is 1. The molecule has 2 aliphatic rings. The topological polar surface area (TPSA) is 66.5 Å². The van der Waals surface area contributed by atoms with Gasteiger partial charge in [-0.05, 0) is 43.0 Å². The molecule has 1 amide bonds. The molecule has 4 rings (SSSR count). The second-order valence-corrected chi connectivity index (χ2v) is 8.07. The van der Waals surface area contributed by atoms with Crippen LogP contribution in [0.3, 0.4) is 0 Å². The van der Waals surface area contributed by atoms with E-state index in [1.54, 1.807) is 60.5 Å². The number of amides is 1. The van der Waals surface area contributed by atoms with Gasteiger partial charge in [-0.25, -0.2) is 8.42 Å². The van der Waals surface area contributed by atoms with Crippen molar-refractivity contribution in [2.45, 2.75) is 23.8 Å². The predicted octanol–water partition coefficient (Wildman–Crippen LogP) is 3.02. The zero-order valence-corrected chi connectivity index (χ0v) is 14.1. The Morgan fingerprint density at radius 2 is 1.75 bits per heavy atom. The van der Waals surface area contributed by atoms with Gasteiger partial charge in [0.2, 0.25) is 0 Å². The van der Waals surface area contributed by atoms with Crippen molar-refractivity contribution in [2.75, 3.05) is 11.8 Å².